The van der Waals surface area contributed by atoms with Gasteiger partial charge in [0, 0.05) is 19.0 Å². The van der Waals surface area contributed by atoms with Crippen molar-refractivity contribution in [2.75, 3.05) is 24.3 Å². The highest BCUT2D eigenvalue weighted by atomic mass is 35.5. The van der Waals surface area contributed by atoms with Crippen molar-refractivity contribution in [3.05, 3.63) is 6.07 Å². The number of alkyl halides is 1. The highest BCUT2D eigenvalue weighted by Gasteiger charge is 2.31. The molecule has 0 radical (unpaired) electrons. The highest BCUT2D eigenvalue weighted by molar-refractivity contribution is 6.24. The summed E-state index contributed by atoms with van der Waals surface area (Å²) in [5.41, 5.74) is 5.58. The van der Waals surface area contributed by atoms with Gasteiger partial charge >= 0.3 is 0 Å². The van der Waals surface area contributed by atoms with Crippen LogP contribution in [0.25, 0.3) is 0 Å². The first-order valence-corrected chi connectivity index (χ1v) is 5.17. The second-order valence-electron chi connectivity index (χ2n) is 3.44. The van der Waals surface area contributed by atoms with Gasteiger partial charge in [0.25, 0.3) is 0 Å². The van der Waals surface area contributed by atoms with Crippen LogP contribution in [0, 0.1) is 0 Å². The van der Waals surface area contributed by atoms with Crippen molar-refractivity contribution in [2.45, 2.75) is 11.8 Å². The first-order valence-electron chi connectivity index (χ1n) is 4.73. The number of ether oxygens (including phenoxy) is 1. The van der Waals surface area contributed by atoms with E-state index in [1.807, 2.05) is 0 Å². The number of aromatic nitrogens is 2. The monoisotopic (exact) mass is 242 g/mol. The smallest absolute Gasteiger partial charge is 0.237 e. The Labute approximate surface area is 97.4 Å². The Morgan fingerprint density at radius 3 is 2.94 bits per heavy atom. The minimum Gasteiger partial charge on any atom is -0.481 e. The zero-order valence-electron chi connectivity index (χ0n) is 8.68. The molecule has 1 aliphatic heterocycles. The standard InChI is InChI=1S/C9H11ClN4O2/c1-16-7-3-6(11)12-9(13-7)14-4-5(10)2-8(14)15/h3,5H,2,4H2,1H3,(H2,11,12,13). The van der Waals surface area contributed by atoms with Crippen LogP contribution in [0.5, 0.6) is 5.88 Å². The molecule has 2 rings (SSSR count). The second kappa shape index (κ2) is 4.13. The molecule has 7 heteroatoms. The highest BCUT2D eigenvalue weighted by Crippen LogP contribution is 2.23. The van der Waals surface area contributed by atoms with E-state index in [-0.39, 0.29) is 23.1 Å². The molecule has 1 saturated heterocycles. The maximum atomic E-state index is 11.6. The van der Waals surface area contributed by atoms with E-state index in [0.717, 1.165) is 0 Å². The van der Waals surface area contributed by atoms with Crippen molar-refractivity contribution in [3.63, 3.8) is 0 Å². The summed E-state index contributed by atoms with van der Waals surface area (Å²) in [6, 6.07) is 1.49. The van der Waals surface area contributed by atoms with Gasteiger partial charge in [0.15, 0.2) is 0 Å². The van der Waals surface area contributed by atoms with Gasteiger partial charge in [0.1, 0.15) is 5.82 Å². The van der Waals surface area contributed by atoms with Crippen LogP contribution < -0.4 is 15.4 Å². The number of nitrogen functional groups attached to an aromatic ring is 1. The Morgan fingerprint density at radius 1 is 1.62 bits per heavy atom. The molecule has 1 fully saturated rings. The summed E-state index contributed by atoms with van der Waals surface area (Å²) in [4.78, 5) is 21.0. The lowest BCUT2D eigenvalue weighted by molar-refractivity contribution is -0.117. The Kier molecular flexibility index (Phi) is 2.82. The third-order valence-corrected chi connectivity index (χ3v) is 2.53. The van der Waals surface area contributed by atoms with Gasteiger partial charge in [-0.05, 0) is 0 Å². The molecular formula is C9H11ClN4O2. The Hall–Kier alpha value is -1.56. The number of carbonyl (C=O) groups excluding carboxylic acids is 1. The maximum absolute atomic E-state index is 11.6. The quantitative estimate of drug-likeness (QED) is 0.760. The Balaban J connectivity index is 2.33. The number of nitrogens with two attached hydrogens (primary N) is 1. The molecule has 2 N–H and O–H groups in total. The summed E-state index contributed by atoms with van der Waals surface area (Å²) in [6.07, 6.45) is 0.294. The Bertz CT molecular complexity index is 426. The largest absolute Gasteiger partial charge is 0.481 e. The number of carbonyl (C=O) groups is 1. The SMILES string of the molecule is COc1cc(N)nc(N2CC(Cl)CC2=O)n1. The molecule has 6 nitrogen and oxygen atoms in total. The molecule has 1 aromatic heterocycles. The predicted octanol–water partition coefficient (Wildman–Crippen LogP) is 0.411. The van der Waals surface area contributed by atoms with E-state index < -0.39 is 0 Å². The zero-order chi connectivity index (χ0) is 11.7. The molecule has 16 heavy (non-hydrogen) atoms. The molecule has 1 unspecified atom stereocenters. The fourth-order valence-corrected chi connectivity index (χ4v) is 1.78. The first kappa shape index (κ1) is 10.9. The van der Waals surface area contributed by atoms with Crippen LogP contribution in [0.3, 0.4) is 0 Å². The van der Waals surface area contributed by atoms with E-state index in [0.29, 0.717) is 18.8 Å². The molecule has 1 aromatic rings. The van der Waals surface area contributed by atoms with Gasteiger partial charge in [0.05, 0.1) is 12.5 Å². The lowest BCUT2D eigenvalue weighted by atomic mass is 10.4. The van der Waals surface area contributed by atoms with Crippen LogP contribution in [0.15, 0.2) is 6.07 Å². The fourth-order valence-electron chi connectivity index (χ4n) is 1.51. The van der Waals surface area contributed by atoms with Gasteiger partial charge in [-0.15, -0.1) is 11.6 Å². The molecule has 1 aliphatic rings. The average molecular weight is 243 g/mol. The van der Waals surface area contributed by atoms with Gasteiger partial charge in [-0.2, -0.15) is 9.97 Å². The number of amides is 1. The van der Waals surface area contributed by atoms with Crippen molar-refractivity contribution in [1.29, 1.82) is 0 Å². The molecule has 0 spiro atoms. The first-order chi connectivity index (χ1) is 7.60. The van der Waals surface area contributed by atoms with Crippen molar-refractivity contribution in [1.82, 2.24) is 9.97 Å². The number of nitrogens with zero attached hydrogens (tertiary/aromatic N) is 3. The summed E-state index contributed by atoms with van der Waals surface area (Å²) in [5.74, 6) is 0.721. The molecular weight excluding hydrogens is 232 g/mol. The van der Waals surface area contributed by atoms with E-state index >= 15 is 0 Å². The van der Waals surface area contributed by atoms with E-state index in [1.54, 1.807) is 0 Å². The lowest BCUT2D eigenvalue weighted by Gasteiger charge is -2.14. The van der Waals surface area contributed by atoms with E-state index in [4.69, 9.17) is 22.1 Å². The van der Waals surface area contributed by atoms with Crippen molar-refractivity contribution in [3.8, 4) is 5.88 Å². The molecule has 0 bridgehead atoms. The van der Waals surface area contributed by atoms with E-state index in [1.165, 1.54) is 18.1 Å². The van der Waals surface area contributed by atoms with Crippen LogP contribution in [0.4, 0.5) is 11.8 Å². The fraction of sp³-hybridized carbons (Fsp3) is 0.444. The number of rotatable bonds is 2. The summed E-state index contributed by atoms with van der Waals surface area (Å²) in [5, 5.41) is -0.205. The third kappa shape index (κ3) is 2.01. The number of anilines is 2. The van der Waals surface area contributed by atoms with Gasteiger partial charge in [-0.3, -0.25) is 9.69 Å². The van der Waals surface area contributed by atoms with Gasteiger partial charge in [-0.25, -0.2) is 0 Å². The molecule has 1 atom stereocenters. The zero-order valence-corrected chi connectivity index (χ0v) is 9.44. The number of hydrogen-bond donors (Lipinski definition) is 1. The number of halogens is 1. The number of hydrogen-bond acceptors (Lipinski definition) is 5. The van der Waals surface area contributed by atoms with Crippen molar-refractivity contribution >= 4 is 29.3 Å². The van der Waals surface area contributed by atoms with E-state index in [9.17, 15) is 4.79 Å². The predicted molar refractivity (Wildman–Crippen MR) is 59.6 cm³/mol. The average Bonchev–Trinajstić information content (AvgIpc) is 2.57. The van der Waals surface area contributed by atoms with Gasteiger partial charge in [0.2, 0.25) is 17.7 Å². The van der Waals surface area contributed by atoms with Crippen LogP contribution >= 0.6 is 11.6 Å². The van der Waals surface area contributed by atoms with Gasteiger partial charge < -0.3 is 10.5 Å². The normalized spacial score (nSPS) is 20.2. The Morgan fingerprint density at radius 2 is 2.38 bits per heavy atom. The summed E-state index contributed by atoms with van der Waals surface area (Å²) >= 11 is 5.88. The topological polar surface area (TPSA) is 81.3 Å². The summed E-state index contributed by atoms with van der Waals surface area (Å²) in [7, 11) is 1.47. The summed E-state index contributed by atoms with van der Waals surface area (Å²) in [6.45, 7) is 0.396. The molecule has 0 aliphatic carbocycles. The van der Waals surface area contributed by atoms with Crippen LogP contribution in [-0.4, -0.2) is 34.9 Å². The van der Waals surface area contributed by atoms with Crippen LogP contribution in [0.2, 0.25) is 0 Å². The molecule has 0 saturated carbocycles. The van der Waals surface area contributed by atoms with E-state index in [2.05, 4.69) is 9.97 Å². The lowest BCUT2D eigenvalue weighted by Crippen LogP contribution is -2.27. The summed E-state index contributed by atoms with van der Waals surface area (Å²) < 4.78 is 4.96. The number of methoxy groups -OCH3 is 1. The van der Waals surface area contributed by atoms with Crippen molar-refractivity contribution < 1.29 is 9.53 Å². The molecule has 0 aromatic carbocycles. The molecule has 2 heterocycles. The third-order valence-electron chi connectivity index (χ3n) is 2.24. The minimum absolute atomic E-state index is 0.104. The molecule has 1 amide bonds. The van der Waals surface area contributed by atoms with Gasteiger partial charge in [-0.1, -0.05) is 0 Å². The maximum Gasteiger partial charge on any atom is 0.237 e. The van der Waals surface area contributed by atoms with Crippen molar-refractivity contribution in [2.24, 2.45) is 0 Å². The minimum atomic E-state index is -0.205. The molecule has 86 valence electrons. The second-order valence-corrected chi connectivity index (χ2v) is 4.06. The van der Waals surface area contributed by atoms with Crippen LogP contribution in [0.1, 0.15) is 6.42 Å². The van der Waals surface area contributed by atoms with Crippen LogP contribution in [-0.2, 0) is 4.79 Å².